The van der Waals surface area contributed by atoms with E-state index in [1.54, 1.807) is 0 Å². The number of nitrogens with one attached hydrogen (secondary N) is 1. The smallest absolute Gasteiger partial charge is 0.316 e. The van der Waals surface area contributed by atoms with Crippen LogP contribution in [0.15, 0.2) is 39.6 Å². The van der Waals surface area contributed by atoms with Crippen LogP contribution >= 0.6 is 23.1 Å². The number of esters is 1. The lowest BCUT2D eigenvalue weighted by molar-refractivity contribution is -0.141. The number of thioether (sulfide) groups is 1. The molecule has 3 rings (SSSR count). The van der Waals surface area contributed by atoms with Crippen LogP contribution in [0.2, 0.25) is 0 Å². The van der Waals surface area contributed by atoms with E-state index in [1.807, 2.05) is 50.4 Å². The Morgan fingerprint density at radius 1 is 1.31 bits per heavy atom. The highest BCUT2D eigenvalue weighted by atomic mass is 32.2. The predicted molar refractivity (Wildman–Crippen MR) is 107 cm³/mol. The highest BCUT2D eigenvalue weighted by Crippen LogP contribution is 2.31. The van der Waals surface area contributed by atoms with Gasteiger partial charge in [0.15, 0.2) is 5.16 Å². The first kappa shape index (κ1) is 18.7. The maximum absolute atomic E-state index is 12.6. The van der Waals surface area contributed by atoms with E-state index >= 15 is 0 Å². The molecule has 0 radical (unpaired) electrons. The Balaban J connectivity index is 1.80. The molecule has 0 unspecified atom stereocenters. The van der Waals surface area contributed by atoms with Crippen LogP contribution in [0.4, 0.5) is 0 Å². The van der Waals surface area contributed by atoms with Crippen LogP contribution in [0.3, 0.4) is 0 Å². The summed E-state index contributed by atoms with van der Waals surface area (Å²) in [6, 6.07) is 8.05. The van der Waals surface area contributed by atoms with Gasteiger partial charge in [0.05, 0.1) is 17.7 Å². The Hall–Kier alpha value is -2.12. The summed E-state index contributed by atoms with van der Waals surface area (Å²) in [7, 11) is 0. The number of H-pyrrole nitrogens is 1. The summed E-state index contributed by atoms with van der Waals surface area (Å²) in [5.74, 6) is 0.111. The van der Waals surface area contributed by atoms with Crippen molar-refractivity contribution in [1.29, 1.82) is 0 Å². The number of aryl methyl sites for hydroxylation is 1. The third-order valence-electron chi connectivity index (χ3n) is 3.69. The first-order valence-corrected chi connectivity index (χ1v) is 10.2. The molecule has 2 heterocycles. The summed E-state index contributed by atoms with van der Waals surface area (Å²) in [4.78, 5) is 32.2. The number of fused-ring (bicyclic) bond motifs is 1. The van der Waals surface area contributed by atoms with Gasteiger partial charge < -0.3 is 9.72 Å². The van der Waals surface area contributed by atoms with Crippen LogP contribution < -0.4 is 5.56 Å². The minimum Gasteiger partial charge on any atom is -0.465 e. The molecule has 0 saturated carbocycles. The first-order chi connectivity index (χ1) is 12.4. The molecule has 0 saturated heterocycles. The quantitative estimate of drug-likeness (QED) is 0.388. The summed E-state index contributed by atoms with van der Waals surface area (Å²) in [6.45, 7) is 6.39. The van der Waals surface area contributed by atoms with Crippen molar-refractivity contribution >= 4 is 39.3 Å². The third kappa shape index (κ3) is 4.34. The lowest BCUT2D eigenvalue weighted by Gasteiger charge is -2.06. The van der Waals surface area contributed by atoms with Gasteiger partial charge in [-0.2, -0.15) is 0 Å². The van der Waals surface area contributed by atoms with Crippen LogP contribution in [0, 0.1) is 12.8 Å². The second kappa shape index (κ2) is 8.05. The third-order valence-corrected chi connectivity index (χ3v) is 5.41. The number of aromatic nitrogens is 2. The Kier molecular flexibility index (Phi) is 5.78. The van der Waals surface area contributed by atoms with Crippen LogP contribution in [0.5, 0.6) is 0 Å². The minimum atomic E-state index is -0.307. The van der Waals surface area contributed by atoms with Gasteiger partial charge in [-0.1, -0.05) is 55.4 Å². The molecule has 1 aromatic carbocycles. The summed E-state index contributed by atoms with van der Waals surface area (Å²) in [5, 5.41) is 2.97. The van der Waals surface area contributed by atoms with Crippen molar-refractivity contribution in [3.05, 3.63) is 45.6 Å². The highest BCUT2D eigenvalue weighted by Gasteiger charge is 2.14. The van der Waals surface area contributed by atoms with Gasteiger partial charge >= 0.3 is 5.97 Å². The average Bonchev–Trinajstić information content (AvgIpc) is 3.03. The molecule has 26 heavy (non-hydrogen) atoms. The fraction of sp³-hybridized carbons (Fsp3) is 0.316. The van der Waals surface area contributed by atoms with E-state index in [1.165, 1.54) is 28.7 Å². The van der Waals surface area contributed by atoms with Gasteiger partial charge in [0, 0.05) is 10.9 Å². The summed E-state index contributed by atoms with van der Waals surface area (Å²) in [6.07, 6.45) is 0. The molecule has 136 valence electrons. The Labute approximate surface area is 159 Å². The van der Waals surface area contributed by atoms with Crippen molar-refractivity contribution in [2.75, 3.05) is 12.4 Å². The standard InChI is InChI=1S/C19H20N2O3S2/c1-11(2)8-24-15(22)10-26-19-20-17(23)16-14(9-25-18(16)21-19)13-6-4-12(3)5-7-13/h4-7,9,11H,8,10H2,1-3H3,(H,20,21,23). The largest absolute Gasteiger partial charge is 0.465 e. The molecular weight excluding hydrogens is 368 g/mol. The maximum atomic E-state index is 12.6. The number of nitrogens with zero attached hydrogens (tertiary/aromatic N) is 1. The number of carbonyl (C=O) groups is 1. The molecule has 3 aromatic rings. The van der Waals surface area contributed by atoms with Gasteiger partial charge in [0.1, 0.15) is 4.83 Å². The molecule has 0 amide bonds. The molecule has 7 heteroatoms. The van der Waals surface area contributed by atoms with Crippen LogP contribution in [0.1, 0.15) is 19.4 Å². The molecule has 0 fully saturated rings. The normalized spacial score (nSPS) is 11.2. The van der Waals surface area contributed by atoms with Gasteiger partial charge in [-0.25, -0.2) is 4.98 Å². The van der Waals surface area contributed by atoms with Gasteiger partial charge in [0.25, 0.3) is 5.56 Å². The number of hydrogen-bond donors (Lipinski definition) is 1. The van der Waals surface area contributed by atoms with Crippen LogP contribution in [-0.4, -0.2) is 28.3 Å². The number of hydrogen-bond acceptors (Lipinski definition) is 6. The van der Waals surface area contributed by atoms with E-state index in [0.717, 1.165) is 11.1 Å². The predicted octanol–water partition coefficient (Wildman–Crippen LogP) is 4.25. The molecule has 2 aromatic heterocycles. The molecule has 0 spiro atoms. The zero-order valence-corrected chi connectivity index (χ0v) is 16.5. The monoisotopic (exact) mass is 388 g/mol. The first-order valence-electron chi connectivity index (χ1n) is 8.31. The molecule has 5 nitrogen and oxygen atoms in total. The van der Waals surface area contributed by atoms with E-state index in [-0.39, 0.29) is 17.3 Å². The molecule has 0 aliphatic carbocycles. The number of thiophene rings is 1. The number of carbonyl (C=O) groups excluding carboxylic acids is 1. The number of aromatic amines is 1. The molecule has 0 aliphatic heterocycles. The minimum absolute atomic E-state index is 0.122. The lowest BCUT2D eigenvalue weighted by Crippen LogP contribution is -2.13. The van der Waals surface area contributed by atoms with E-state index in [0.29, 0.717) is 27.9 Å². The molecule has 1 N–H and O–H groups in total. The Morgan fingerprint density at radius 3 is 2.73 bits per heavy atom. The number of ether oxygens (including phenoxy) is 1. The SMILES string of the molecule is Cc1ccc(-c2csc3nc(SCC(=O)OCC(C)C)[nH]c(=O)c23)cc1. The Morgan fingerprint density at radius 2 is 2.04 bits per heavy atom. The second-order valence-electron chi connectivity index (χ2n) is 6.43. The van der Waals surface area contributed by atoms with Crippen molar-refractivity contribution in [3.8, 4) is 11.1 Å². The highest BCUT2D eigenvalue weighted by molar-refractivity contribution is 7.99. The van der Waals surface area contributed by atoms with Gasteiger partial charge in [-0.3, -0.25) is 9.59 Å². The van der Waals surface area contributed by atoms with E-state index in [4.69, 9.17) is 4.74 Å². The molecule has 0 atom stereocenters. The fourth-order valence-corrected chi connectivity index (χ4v) is 4.04. The van der Waals surface area contributed by atoms with Crippen LogP contribution in [-0.2, 0) is 9.53 Å². The molecule has 0 aliphatic rings. The fourth-order valence-electron chi connectivity index (χ4n) is 2.37. The van der Waals surface area contributed by atoms with E-state index in [2.05, 4.69) is 9.97 Å². The van der Waals surface area contributed by atoms with Crippen molar-refractivity contribution < 1.29 is 9.53 Å². The second-order valence-corrected chi connectivity index (χ2v) is 8.25. The number of benzene rings is 1. The topological polar surface area (TPSA) is 72.0 Å². The summed E-state index contributed by atoms with van der Waals surface area (Å²) >= 11 is 2.61. The summed E-state index contributed by atoms with van der Waals surface area (Å²) in [5.41, 5.74) is 2.85. The molecule has 0 bridgehead atoms. The zero-order chi connectivity index (χ0) is 18.7. The van der Waals surface area contributed by atoms with Crippen molar-refractivity contribution in [2.24, 2.45) is 5.92 Å². The van der Waals surface area contributed by atoms with Crippen molar-refractivity contribution in [2.45, 2.75) is 25.9 Å². The van der Waals surface area contributed by atoms with E-state index in [9.17, 15) is 9.59 Å². The maximum Gasteiger partial charge on any atom is 0.316 e. The van der Waals surface area contributed by atoms with E-state index < -0.39 is 0 Å². The van der Waals surface area contributed by atoms with Crippen molar-refractivity contribution in [3.63, 3.8) is 0 Å². The average molecular weight is 389 g/mol. The van der Waals surface area contributed by atoms with Gasteiger partial charge in [-0.05, 0) is 18.4 Å². The zero-order valence-electron chi connectivity index (χ0n) is 14.9. The number of rotatable bonds is 6. The summed E-state index contributed by atoms with van der Waals surface area (Å²) < 4.78 is 5.14. The van der Waals surface area contributed by atoms with Crippen LogP contribution in [0.25, 0.3) is 21.3 Å². The molecular formula is C19H20N2O3S2. The van der Waals surface area contributed by atoms with Crippen molar-refractivity contribution in [1.82, 2.24) is 9.97 Å². The van der Waals surface area contributed by atoms with Gasteiger partial charge in [0.2, 0.25) is 0 Å². The Bertz CT molecular complexity index is 975. The van der Waals surface area contributed by atoms with Gasteiger partial charge in [-0.15, -0.1) is 11.3 Å². The lowest BCUT2D eigenvalue weighted by atomic mass is 10.1.